The molecule has 0 fully saturated rings. The Kier molecular flexibility index (Phi) is 7.90. The maximum absolute atomic E-state index is 4.23. The highest BCUT2D eigenvalue weighted by atomic mass is 15.0. The average Bonchev–Trinajstić information content (AvgIpc) is 3.05. The van der Waals surface area contributed by atoms with Gasteiger partial charge in [0, 0.05) is 29.8 Å². The molecule has 2 heteroatoms. The van der Waals surface area contributed by atoms with Gasteiger partial charge in [-0.05, 0) is 79.2 Å². The van der Waals surface area contributed by atoms with Crippen molar-refractivity contribution in [3.63, 3.8) is 0 Å². The minimum absolute atomic E-state index is 0.740. The van der Waals surface area contributed by atoms with Crippen LogP contribution in [-0.4, -0.2) is 4.57 Å². The van der Waals surface area contributed by atoms with Gasteiger partial charge < -0.3 is 9.88 Å². The summed E-state index contributed by atoms with van der Waals surface area (Å²) < 4.78 is 2.19. The Morgan fingerprint density at radius 3 is 2.34 bits per heavy atom. The highest BCUT2D eigenvalue weighted by Gasteiger charge is 2.10. The zero-order valence-electron chi connectivity index (χ0n) is 18.9. The molecule has 1 N–H and O–H groups in total. The summed E-state index contributed by atoms with van der Waals surface area (Å²) in [6, 6.07) is 8.88. The van der Waals surface area contributed by atoms with Crippen molar-refractivity contribution in [1.29, 1.82) is 0 Å². The standard InChI is InChI=1S/C27H36N2/c1-9-11-26-13-12-24(16-21(26)6)18-28-22(7)20(5)17-27(19(3)4)29-15-14-25(10-2)23(29)8/h12-17,28H,3,5,7,9-11,18H2,1-2,4,6,8H3/b27-17-. The van der Waals surface area contributed by atoms with Crippen molar-refractivity contribution in [2.45, 2.75) is 60.4 Å². The van der Waals surface area contributed by atoms with E-state index < -0.39 is 0 Å². The highest BCUT2D eigenvalue weighted by molar-refractivity contribution is 5.68. The van der Waals surface area contributed by atoms with Crippen molar-refractivity contribution >= 4 is 5.70 Å². The zero-order chi connectivity index (χ0) is 21.6. The largest absolute Gasteiger partial charge is 0.381 e. The minimum atomic E-state index is 0.740. The van der Waals surface area contributed by atoms with E-state index in [4.69, 9.17) is 0 Å². The lowest BCUT2D eigenvalue weighted by atomic mass is 10.0. The molecular weight excluding hydrogens is 352 g/mol. The molecule has 2 nitrogen and oxygen atoms in total. The molecule has 154 valence electrons. The smallest absolute Gasteiger partial charge is 0.0482 e. The van der Waals surface area contributed by atoms with Crippen molar-refractivity contribution < 1.29 is 0 Å². The number of allylic oxidation sites excluding steroid dienone is 3. The van der Waals surface area contributed by atoms with Crippen molar-refractivity contribution in [1.82, 2.24) is 9.88 Å². The molecule has 0 aliphatic rings. The number of nitrogens with zero attached hydrogens (tertiary/aromatic N) is 1. The molecule has 29 heavy (non-hydrogen) atoms. The van der Waals surface area contributed by atoms with Gasteiger partial charge in [0.2, 0.25) is 0 Å². The second-order valence-corrected chi connectivity index (χ2v) is 7.83. The van der Waals surface area contributed by atoms with E-state index in [0.717, 1.165) is 41.9 Å². The normalized spacial score (nSPS) is 11.4. The van der Waals surface area contributed by atoms with Crippen LogP contribution in [0, 0.1) is 13.8 Å². The molecule has 0 unspecified atom stereocenters. The molecule has 0 atom stereocenters. The van der Waals surface area contributed by atoms with Crippen LogP contribution in [0.2, 0.25) is 0 Å². The summed E-state index contributed by atoms with van der Waals surface area (Å²) >= 11 is 0. The molecule has 0 bridgehead atoms. The van der Waals surface area contributed by atoms with Crippen LogP contribution < -0.4 is 5.32 Å². The SMILES string of the molecule is C=C(/C=C(/C(=C)C)n1ccc(CC)c1C)C(=C)NCc1ccc(CCC)c(C)c1. The fraction of sp³-hybridized carbons (Fsp3) is 0.333. The van der Waals surface area contributed by atoms with E-state index in [1.165, 1.54) is 34.4 Å². The van der Waals surface area contributed by atoms with Crippen molar-refractivity contribution in [3.05, 3.63) is 101 Å². The maximum atomic E-state index is 4.23. The van der Waals surface area contributed by atoms with E-state index >= 15 is 0 Å². The van der Waals surface area contributed by atoms with Gasteiger partial charge in [0.25, 0.3) is 0 Å². The summed E-state index contributed by atoms with van der Waals surface area (Å²) in [5.74, 6) is 0. The van der Waals surface area contributed by atoms with Crippen LogP contribution in [-0.2, 0) is 19.4 Å². The van der Waals surface area contributed by atoms with Gasteiger partial charge in [-0.15, -0.1) is 0 Å². The molecular formula is C27H36N2. The van der Waals surface area contributed by atoms with Gasteiger partial charge in [-0.1, -0.05) is 58.2 Å². The van der Waals surface area contributed by atoms with Crippen LogP contribution in [0.1, 0.15) is 55.1 Å². The molecule has 0 radical (unpaired) electrons. The monoisotopic (exact) mass is 388 g/mol. The first-order valence-corrected chi connectivity index (χ1v) is 10.5. The van der Waals surface area contributed by atoms with Crippen LogP contribution in [0.5, 0.6) is 0 Å². The zero-order valence-corrected chi connectivity index (χ0v) is 18.9. The lowest BCUT2D eigenvalue weighted by Crippen LogP contribution is -2.13. The third-order valence-corrected chi connectivity index (χ3v) is 5.46. The summed E-state index contributed by atoms with van der Waals surface area (Å²) in [6.45, 7) is 24.1. The van der Waals surface area contributed by atoms with Gasteiger partial charge in [0.1, 0.15) is 0 Å². The van der Waals surface area contributed by atoms with E-state index in [9.17, 15) is 0 Å². The molecule has 1 heterocycles. The number of hydrogen-bond donors (Lipinski definition) is 1. The number of aromatic nitrogens is 1. The van der Waals surface area contributed by atoms with Crippen LogP contribution in [0.3, 0.4) is 0 Å². The van der Waals surface area contributed by atoms with Crippen LogP contribution in [0.25, 0.3) is 5.70 Å². The fourth-order valence-corrected chi connectivity index (χ4v) is 3.58. The molecule has 0 amide bonds. The van der Waals surface area contributed by atoms with Gasteiger partial charge in [0.05, 0.1) is 0 Å². The lowest BCUT2D eigenvalue weighted by molar-refractivity contribution is 0.824. The molecule has 1 aromatic heterocycles. The predicted molar refractivity (Wildman–Crippen MR) is 128 cm³/mol. The quantitative estimate of drug-likeness (QED) is 0.438. The van der Waals surface area contributed by atoms with E-state index in [-0.39, 0.29) is 0 Å². The predicted octanol–water partition coefficient (Wildman–Crippen LogP) is 6.90. The van der Waals surface area contributed by atoms with Gasteiger partial charge in [-0.2, -0.15) is 0 Å². The third kappa shape index (κ3) is 5.63. The molecule has 0 spiro atoms. The van der Waals surface area contributed by atoms with Gasteiger partial charge in [-0.25, -0.2) is 0 Å². The summed E-state index contributed by atoms with van der Waals surface area (Å²) in [6.07, 6.45) is 7.51. The van der Waals surface area contributed by atoms with Gasteiger partial charge in [-0.3, -0.25) is 0 Å². The second-order valence-electron chi connectivity index (χ2n) is 7.83. The van der Waals surface area contributed by atoms with Crippen LogP contribution >= 0.6 is 0 Å². The number of rotatable bonds is 10. The van der Waals surface area contributed by atoms with Crippen molar-refractivity contribution in [2.75, 3.05) is 0 Å². The van der Waals surface area contributed by atoms with E-state index in [1.54, 1.807) is 0 Å². The second kappa shape index (κ2) is 10.2. The Labute approximate surface area is 177 Å². The molecule has 2 rings (SSSR count). The fourth-order valence-electron chi connectivity index (χ4n) is 3.58. The summed E-state index contributed by atoms with van der Waals surface area (Å²) in [5.41, 5.74) is 10.4. The van der Waals surface area contributed by atoms with Crippen molar-refractivity contribution in [3.8, 4) is 0 Å². The van der Waals surface area contributed by atoms with Gasteiger partial charge >= 0.3 is 0 Å². The molecule has 0 aliphatic heterocycles. The maximum Gasteiger partial charge on any atom is 0.0482 e. The van der Waals surface area contributed by atoms with Crippen molar-refractivity contribution in [2.24, 2.45) is 0 Å². The Hall–Kier alpha value is -2.74. The van der Waals surface area contributed by atoms with Gasteiger partial charge in [0.15, 0.2) is 0 Å². The van der Waals surface area contributed by atoms with Crippen LogP contribution in [0.4, 0.5) is 0 Å². The summed E-state index contributed by atoms with van der Waals surface area (Å²) in [7, 11) is 0. The molecule has 1 aromatic carbocycles. The number of aryl methyl sites for hydroxylation is 3. The topological polar surface area (TPSA) is 17.0 Å². The lowest BCUT2D eigenvalue weighted by Gasteiger charge is -2.16. The first-order valence-electron chi connectivity index (χ1n) is 10.5. The third-order valence-electron chi connectivity index (χ3n) is 5.46. The summed E-state index contributed by atoms with van der Waals surface area (Å²) in [5, 5.41) is 3.43. The Balaban J connectivity index is 2.11. The summed E-state index contributed by atoms with van der Waals surface area (Å²) in [4.78, 5) is 0. The first-order chi connectivity index (χ1) is 13.8. The number of benzene rings is 1. The Morgan fingerprint density at radius 1 is 1.07 bits per heavy atom. The Bertz CT molecular complexity index is 937. The molecule has 2 aromatic rings. The van der Waals surface area contributed by atoms with E-state index in [2.05, 4.69) is 93.9 Å². The van der Waals surface area contributed by atoms with Crippen LogP contribution in [0.15, 0.2) is 73.1 Å². The Morgan fingerprint density at radius 2 is 1.79 bits per heavy atom. The highest BCUT2D eigenvalue weighted by Crippen LogP contribution is 2.23. The van der Waals surface area contributed by atoms with E-state index in [0.29, 0.717) is 0 Å². The average molecular weight is 389 g/mol. The molecule has 0 saturated carbocycles. The number of nitrogens with one attached hydrogen (secondary N) is 1. The molecule has 0 aliphatic carbocycles. The number of hydrogen-bond acceptors (Lipinski definition) is 1. The molecule has 0 saturated heterocycles. The minimum Gasteiger partial charge on any atom is -0.381 e. The first kappa shape index (κ1) is 22.5. The van der Waals surface area contributed by atoms with E-state index in [1.807, 2.05) is 6.92 Å².